The molecular weight excluding hydrogens is 458 g/mol. The van der Waals surface area contributed by atoms with Crippen molar-refractivity contribution in [1.29, 1.82) is 0 Å². The zero-order chi connectivity index (χ0) is 22.8. The number of anilines is 2. The van der Waals surface area contributed by atoms with Gasteiger partial charge in [0.15, 0.2) is 5.88 Å². The summed E-state index contributed by atoms with van der Waals surface area (Å²) in [6.45, 7) is 5.38. The van der Waals surface area contributed by atoms with Crippen LogP contribution >= 0.6 is 22.9 Å². The highest BCUT2D eigenvalue weighted by atomic mass is 35.5. The van der Waals surface area contributed by atoms with E-state index in [-0.39, 0.29) is 11.8 Å². The van der Waals surface area contributed by atoms with Crippen LogP contribution in [0, 0.1) is 0 Å². The van der Waals surface area contributed by atoms with Crippen molar-refractivity contribution in [2.75, 3.05) is 42.9 Å². The Hall–Kier alpha value is -3.07. The molecule has 5 rings (SSSR count). The van der Waals surface area contributed by atoms with Crippen molar-refractivity contribution in [1.82, 2.24) is 14.5 Å². The summed E-state index contributed by atoms with van der Waals surface area (Å²) < 4.78 is 2.43. The molecule has 2 N–H and O–H groups in total. The summed E-state index contributed by atoms with van der Waals surface area (Å²) in [4.78, 5) is 22.0. The van der Waals surface area contributed by atoms with Crippen LogP contribution in [0.15, 0.2) is 61.1 Å². The summed E-state index contributed by atoms with van der Waals surface area (Å²) in [7, 11) is 0. The van der Waals surface area contributed by atoms with Gasteiger partial charge in [0.1, 0.15) is 0 Å². The van der Waals surface area contributed by atoms with Crippen LogP contribution in [0.5, 0.6) is 5.88 Å². The minimum Gasteiger partial charge on any atom is -0.494 e. The number of amides is 1. The number of hydrogen-bond acceptors (Lipinski definition) is 6. The summed E-state index contributed by atoms with van der Waals surface area (Å²) >= 11 is 7.20. The van der Waals surface area contributed by atoms with Crippen molar-refractivity contribution in [3.05, 3.63) is 70.3 Å². The molecular formula is C24H24ClN5O2S. The van der Waals surface area contributed by atoms with Gasteiger partial charge in [-0.3, -0.25) is 14.7 Å². The largest absolute Gasteiger partial charge is 0.494 e. The van der Waals surface area contributed by atoms with E-state index >= 15 is 0 Å². The summed E-state index contributed by atoms with van der Waals surface area (Å²) in [5, 5.41) is 15.3. The molecule has 0 saturated carbocycles. The number of hydrogen-bond donors (Lipinski definition) is 2. The van der Waals surface area contributed by atoms with Gasteiger partial charge in [-0.25, -0.2) is 0 Å². The van der Waals surface area contributed by atoms with Crippen LogP contribution in [-0.2, 0) is 6.54 Å². The molecule has 0 aliphatic carbocycles. The normalized spacial score (nSPS) is 14.6. The molecule has 1 fully saturated rings. The number of pyridine rings is 1. The van der Waals surface area contributed by atoms with Crippen molar-refractivity contribution in [3.8, 4) is 5.88 Å². The number of thiophene rings is 1. The minimum absolute atomic E-state index is 0.210. The number of carbonyl (C=O) groups is 1. The quantitative estimate of drug-likeness (QED) is 0.423. The van der Waals surface area contributed by atoms with Crippen molar-refractivity contribution in [2.24, 2.45) is 0 Å². The molecule has 0 radical (unpaired) electrons. The fraction of sp³-hybridized carbons (Fsp3) is 0.250. The van der Waals surface area contributed by atoms with Gasteiger partial charge >= 0.3 is 0 Å². The van der Waals surface area contributed by atoms with Crippen LogP contribution in [0.1, 0.15) is 9.67 Å². The summed E-state index contributed by atoms with van der Waals surface area (Å²) in [6.07, 6.45) is 5.57. The predicted molar refractivity (Wildman–Crippen MR) is 134 cm³/mol. The third-order valence-corrected chi connectivity index (χ3v) is 7.24. The van der Waals surface area contributed by atoms with E-state index in [0.29, 0.717) is 21.4 Å². The molecule has 1 amide bonds. The average Bonchev–Trinajstić information content (AvgIpc) is 3.42. The predicted octanol–water partition coefficient (Wildman–Crippen LogP) is 4.53. The zero-order valence-corrected chi connectivity index (χ0v) is 19.5. The number of piperazine rings is 1. The highest BCUT2D eigenvalue weighted by Crippen LogP contribution is 2.33. The maximum atomic E-state index is 12.6. The van der Waals surface area contributed by atoms with Crippen LogP contribution in [0.2, 0.25) is 4.34 Å². The number of halogens is 1. The summed E-state index contributed by atoms with van der Waals surface area (Å²) in [6, 6.07) is 13.1. The Bertz CT molecular complexity index is 1260. The number of aromatic nitrogens is 2. The Balaban J connectivity index is 1.24. The Labute approximate surface area is 200 Å². The van der Waals surface area contributed by atoms with Crippen LogP contribution in [0.3, 0.4) is 0 Å². The van der Waals surface area contributed by atoms with E-state index in [0.717, 1.165) is 43.5 Å². The molecule has 0 atom stereocenters. The summed E-state index contributed by atoms with van der Waals surface area (Å²) in [5.74, 6) is 0.00870. The lowest BCUT2D eigenvalue weighted by Gasteiger charge is -2.36. The summed E-state index contributed by atoms with van der Waals surface area (Å²) in [5.41, 5.74) is 1.88. The van der Waals surface area contributed by atoms with E-state index < -0.39 is 0 Å². The number of carbonyl (C=O) groups excluding carboxylic acids is 1. The average molecular weight is 482 g/mol. The molecule has 4 heterocycles. The Morgan fingerprint density at radius 3 is 2.55 bits per heavy atom. The first-order valence-corrected chi connectivity index (χ1v) is 12.0. The topological polar surface area (TPSA) is 73.6 Å². The van der Waals surface area contributed by atoms with Gasteiger partial charge in [-0.05, 0) is 36.4 Å². The zero-order valence-electron chi connectivity index (χ0n) is 17.9. The molecule has 1 aliphatic heterocycles. The molecule has 1 aromatic carbocycles. The highest BCUT2D eigenvalue weighted by molar-refractivity contribution is 7.18. The van der Waals surface area contributed by atoms with Gasteiger partial charge in [-0.2, -0.15) is 0 Å². The van der Waals surface area contributed by atoms with E-state index in [1.165, 1.54) is 17.0 Å². The molecule has 33 heavy (non-hydrogen) atoms. The van der Waals surface area contributed by atoms with Crippen molar-refractivity contribution in [3.63, 3.8) is 0 Å². The van der Waals surface area contributed by atoms with Gasteiger partial charge in [-0.15, -0.1) is 11.3 Å². The van der Waals surface area contributed by atoms with Gasteiger partial charge in [0, 0.05) is 74.3 Å². The molecule has 9 heteroatoms. The first kappa shape index (κ1) is 21.8. The lowest BCUT2D eigenvalue weighted by atomic mass is 10.2. The van der Waals surface area contributed by atoms with E-state index in [2.05, 4.69) is 20.1 Å². The standard InChI is InChI=1S/C24H24ClN5O2S/c25-22-5-4-21(33-22)23(31)27-20-3-1-2-18-19(20)16-30(24(18)32)15-12-28-10-13-29(14-11-28)17-6-8-26-9-7-17/h1-9,16,32H,10-15H2,(H,27,31). The first-order valence-electron chi connectivity index (χ1n) is 10.8. The molecule has 0 spiro atoms. The molecule has 1 saturated heterocycles. The maximum Gasteiger partial charge on any atom is 0.265 e. The number of nitrogens with one attached hydrogen (secondary N) is 1. The fourth-order valence-electron chi connectivity index (χ4n) is 4.20. The van der Waals surface area contributed by atoms with Gasteiger partial charge in [0.25, 0.3) is 5.91 Å². The lowest BCUT2D eigenvalue weighted by Crippen LogP contribution is -2.47. The highest BCUT2D eigenvalue weighted by Gasteiger charge is 2.19. The third-order valence-electron chi connectivity index (χ3n) is 6.01. The first-order chi connectivity index (χ1) is 16.1. The molecule has 0 bridgehead atoms. The smallest absolute Gasteiger partial charge is 0.265 e. The van der Waals surface area contributed by atoms with E-state index in [4.69, 9.17) is 11.6 Å². The molecule has 0 unspecified atom stereocenters. The van der Waals surface area contributed by atoms with Crippen LogP contribution in [0.4, 0.5) is 11.4 Å². The fourth-order valence-corrected chi connectivity index (χ4v) is 5.14. The van der Waals surface area contributed by atoms with E-state index in [9.17, 15) is 9.90 Å². The second-order valence-electron chi connectivity index (χ2n) is 8.00. The number of aromatic hydroxyl groups is 1. The Kier molecular flexibility index (Phi) is 6.22. The van der Waals surface area contributed by atoms with Gasteiger partial charge in [-0.1, -0.05) is 17.7 Å². The van der Waals surface area contributed by atoms with E-state index in [1.54, 1.807) is 12.1 Å². The van der Waals surface area contributed by atoms with Gasteiger partial charge in [0.05, 0.1) is 14.9 Å². The molecule has 3 aromatic heterocycles. The molecule has 7 nitrogen and oxygen atoms in total. The van der Waals surface area contributed by atoms with Crippen molar-refractivity contribution >= 4 is 51.0 Å². The monoisotopic (exact) mass is 481 g/mol. The van der Waals surface area contributed by atoms with Crippen molar-refractivity contribution in [2.45, 2.75) is 6.54 Å². The van der Waals surface area contributed by atoms with Crippen LogP contribution in [-0.4, -0.2) is 58.2 Å². The second-order valence-corrected chi connectivity index (χ2v) is 9.72. The van der Waals surface area contributed by atoms with Crippen LogP contribution < -0.4 is 10.2 Å². The number of fused-ring (bicyclic) bond motifs is 1. The molecule has 1 aliphatic rings. The number of rotatable bonds is 6. The Morgan fingerprint density at radius 1 is 1.03 bits per heavy atom. The molecule has 4 aromatic rings. The lowest BCUT2D eigenvalue weighted by molar-refractivity contribution is 0.103. The Morgan fingerprint density at radius 2 is 1.82 bits per heavy atom. The molecule has 170 valence electrons. The maximum absolute atomic E-state index is 12.6. The van der Waals surface area contributed by atoms with Crippen molar-refractivity contribution < 1.29 is 9.90 Å². The van der Waals surface area contributed by atoms with E-state index in [1.807, 2.05) is 53.5 Å². The minimum atomic E-state index is -0.210. The number of nitrogens with zero attached hydrogens (tertiary/aromatic N) is 4. The van der Waals surface area contributed by atoms with Gasteiger partial charge < -0.3 is 19.9 Å². The third kappa shape index (κ3) is 4.68. The second kappa shape index (κ2) is 9.43. The number of benzene rings is 1. The SMILES string of the molecule is O=C(Nc1cccc2c(O)n(CCN3CCN(c4ccncc4)CC3)cc12)c1ccc(Cl)s1. The van der Waals surface area contributed by atoms with Crippen LogP contribution in [0.25, 0.3) is 10.8 Å². The van der Waals surface area contributed by atoms with Gasteiger partial charge in [0.2, 0.25) is 0 Å².